The van der Waals surface area contributed by atoms with Gasteiger partial charge in [-0.1, -0.05) is 72.6 Å². The van der Waals surface area contributed by atoms with Crippen molar-refractivity contribution in [1.29, 1.82) is 0 Å². The van der Waals surface area contributed by atoms with Gasteiger partial charge in [0, 0.05) is 23.1 Å². The Labute approximate surface area is 234 Å². The Kier molecular flexibility index (Phi) is 10.2. The molecule has 3 aromatic rings. The van der Waals surface area contributed by atoms with E-state index in [0.29, 0.717) is 33.4 Å². The van der Waals surface area contributed by atoms with Crippen LogP contribution >= 0.6 is 23.2 Å². The van der Waals surface area contributed by atoms with Crippen LogP contribution in [0.3, 0.4) is 0 Å². The molecule has 3 aromatic carbocycles. The quantitative estimate of drug-likeness (QED) is 0.330. The van der Waals surface area contributed by atoms with E-state index in [1.807, 2.05) is 6.92 Å². The van der Waals surface area contributed by atoms with Crippen LogP contribution < -0.4 is 9.62 Å². The van der Waals surface area contributed by atoms with Crippen molar-refractivity contribution in [2.24, 2.45) is 0 Å². The number of nitrogens with zero attached hydrogens (tertiary/aromatic N) is 2. The monoisotopic (exact) mass is 575 g/mol. The van der Waals surface area contributed by atoms with Crippen LogP contribution in [0.4, 0.5) is 5.69 Å². The van der Waals surface area contributed by atoms with E-state index in [2.05, 4.69) is 5.32 Å². The second kappa shape index (κ2) is 13.1. The molecule has 0 bridgehead atoms. The fourth-order valence-electron chi connectivity index (χ4n) is 3.89. The number of hydrogen-bond donors (Lipinski definition) is 1. The van der Waals surface area contributed by atoms with Crippen molar-refractivity contribution < 1.29 is 18.0 Å². The first-order valence-corrected chi connectivity index (χ1v) is 14.4. The molecule has 0 aromatic heterocycles. The van der Waals surface area contributed by atoms with Gasteiger partial charge in [0.1, 0.15) is 12.6 Å². The van der Waals surface area contributed by atoms with E-state index in [9.17, 15) is 18.0 Å². The maximum absolute atomic E-state index is 13.9. The number of sulfonamides is 1. The molecular formula is C28H31Cl2N3O4S. The van der Waals surface area contributed by atoms with Crippen molar-refractivity contribution in [3.8, 4) is 0 Å². The Morgan fingerprint density at radius 3 is 2.26 bits per heavy atom. The number of halogens is 2. The molecule has 7 nitrogen and oxygen atoms in total. The second-order valence-corrected chi connectivity index (χ2v) is 11.5. The summed E-state index contributed by atoms with van der Waals surface area (Å²) in [5, 5.41) is 3.58. The highest BCUT2D eigenvalue weighted by Gasteiger charge is 2.33. The lowest BCUT2D eigenvalue weighted by molar-refractivity contribution is -0.139. The predicted octanol–water partition coefficient (Wildman–Crippen LogP) is 5.44. The Morgan fingerprint density at radius 1 is 0.974 bits per heavy atom. The molecule has 0 heterocycles. The highest BCUT2D eigenvalue weighted by atomic mass is 35.5. The number of anilines is 1. The van der Waals surface area contributed by atoms with Gasteiger partial charge in [-0.3, -0.25) is 13.9 Å². The Morgan fingerprint density at radius 2 is 1.63 bits per heavy atom. The lowest BCUT2D eigenvalue weighted by Gasteiger charge is -2.32. The summed E-state index contributed by atoms with van der Waals surface area (Å²) in [6, 6.07) is 18.9. The zero-order valence-electron chi connectivity index (χ0n) is 21.5. The molecule has 38 heavy (non-hydrogen) atoms. The summed E-state index contributed by atoms with van der Waals surface area (Å²) >= 11 is 12.4. The topological polar surface area (TPSA) is 86.8 Å². The molecule has 0 unspecified atom stereocenters. The van der Waals surface area contributed by atoms with Crippen LogP contribution in [0.5, 0.6) is 0 Å². The normalized spacial score (nSPS) is 12.0. The number of carbonyl (C=O) groups is 2. The lowest BCUT2D eigenvalue weighted by Crippen LogP contribution is -2.51. The van der Waals surface area contributed by atoms with Gasteiger partial charge in [0.25, 0.3) is 10.0 Å². The van der Waals surface area contributed by atoms with E-state index < -0.39 is 28.5 Å². The average Bonchev–Trinajstić information content (AvgIpc) is 2.90. The maximum Gasteiger partial charge on any atom is 0.264 e. The first-order valence-electron chi connectivity index (χ1n) is 12.2. The molecular weight excluding hydrogens is 545 g/mol. The molecule has 0 fully saturated rings. The summed E-state index contributed by atoms with van der Waals surface area (Å²) in [6.45, 7) is 5.23. The standard InChI is InChI=1S/C28H31Cl2N3O4S/c1-4-16-31-28(35)21(3)32(18-22-14-15-23(29)17-25(22)30)27(34)19-33(26-13-9-8-10-20(26)2)38(36,37)24-11-6-5-7-12-24/h5-15,17,21H,4,16,18-19H2,1-3H3,(H,31,35)/t21-/m1/s1. The van der Waals surface area contributed by atoms with E-state index in [-0.39, 0.29) is 17.3 Å². The molecule has 0 spiro atoms. The molecule has 0 radical (unpaired) electrons. The number of benzene rings is 3. The van der Waals surface area contributed by atoms with Crippen LogP contribution in [-0.4, -0.2) is 44.3 Å². The molecule has 3 rings (SSSR count). The third-order valence-electron chi connectivity index (χ3n) is 6.07. The van der Waals surface area contributed by atoms with Crippen LogP contribution in [0, 0.1) is 6.92 Å². The number of carbonyl (C=O) groups excluding carboxylic acids is 2. The molecule has 1 N–H and O–H groups in total. The van der Waals surface area contributed by atoms with Crippen molar-refractivity contribution in [3.05, 3.63) is 94.0 Å². The summed E-state index contributed by atoms with van der Waals surface area (Å²) in [5.74, 6) is -0.906. The van der Waals surface area contributed by atoms with Crippen LogP contribution in [0.1, 0.15) is 31.4 Å². The third kappa shape index (κ3) is 7.07. The molecule has 0 aliphatic rings. The summed E-state index contributed by atoms with van der Waals surface area (Å²) in [4.78, 5) is 28.2. The molecule has 0 aliphatic heterocycles. The van der Waals surface area contributed by atoms with Crippen molar-refractivity contribution in [3.63, 3.8) is 0 Å². The van der Waals surface area contributed by atoms with E-state index >= 15 is 0 Å². The SMILES string of the molecule is CCCNC(=O)[C@@H](C)N(Cc1ccc(Cl)cc1Cl)C(=O)CN(c1ccccc1C)S(=O)(=O)c1ccccc1. The van der Waals surface area contributed by atoms with Crippen LogP contribution in [0.25, 0.3) is 0 Å². The summed E-state index contributed by atoms with van der Waals surface area (Å²) in [7, 11) is -4.11. The Bertz CT molecular complexity index is 1380. The van der Waals surface area contributed by atoms with Gasteiger partial charge in [-0.2, -0.15) is 0 Å². The van der Waals surface area contributed by atoms with E-state index in [4.69, 9.17) is 23.2 Å². The minimum absolute atomic E-state index is 0.0114. The Hall–Kier alpha value is -3.07. The summed E-state index contributed by atoms with van der Waals surface area (Å²) in [6.07, 6.45) is 0.728. The highest BCUT2D eigenvalue weighted by Crippen LogP contribution is 2.28. The smallest absolute Gasteiger partial charge is 0.264 e. The molecule has 1 atom stereocenters. The van der Waals surface area contributed by atoms with Gasteiger partial charge >= 0.3 is 0 Å². The van der Waals surface area contributed by atoms with Gasteiger partial charge in [-0.15, -0.1) is 0 Å². The van der Waals surface area contributed by atoms with Crippen molar-refractivity contribution >= 4 is 50.7 Å². The first kappa shape index (κ1) is 29.5. The molecule has 0 aliphatic carbocycles. The fourth-order valence-corrected chi connectivity index (χ4v) is 5.86. The number of aryl methyl sites for hydroxylation is 1. The number of nitrogens with one attached hydrogen (secondary N) is 1. The van der Waals surface area contributed by atoms with Gasteiger partial charge in [0.2, 0.25) is 11.8 Å². The van der Waals surface area contributed by atoms with Crippen molar-refractivity contribution in [2.45, 2.75) is 44.7 Å². The molecule has 0 saturated carbocycles. The van der Waals surface area contributed by atoms with E-state index in [1.54, 1.807) is 74.5 Å². The van der Waals surface area contributed by atoms with Gasteiger partial charge in [0.15, 0.2) is 0 Å². The van der Waals surface area contributed by atoms with Gasteiger partial charge in [-0.25, -0.2) is 8.42 Å². The second-order valence-electron chi connectivity index (χ2n) is 8.84. The van der Waals surface area contributed by atoms with E-state index in [1.165, 1.54) is 17.0 Å². The number of rotatable bonds is 11. The van der Waals surface area contributed by atoms with Crippen LogP contribution in [-0.2, 0) is 26.2 Å². The predicted molar refractivity (Wildman–Crippen MR) is 152 cm³/mol. The van der Waals surface area contributed by atoms with Gasteiger partial charge in [0.05, 0.1) is 10.6 Å². The Balaban J connectivity index is 2.04. The van der Waals surface area contributed by atoms with Gasteiger partial charge in [-0.05, 0) is 61.7 Å². The molecule has 0 saturated heterocycles. The number of para-hydroxylation sites is 1. The summed E-state index contributed by atoms with van der Waals surface area (Å²) in [5.41, 5.74) is 1.63. The molecule has 10 heteroatoms. The summed E-state index contributed by atoms with van der Waals surface area (Å²) < 4.78 is 28.6. The zero-order valence-corrected chi connectivity index (χ0v) is 23.9. The minimum Gasteiger partial charge on any atom is -0.354 e. The van der Waals surface area contributed by atoms with Crippen molar-refractivity contribution in [1.82, 2.24) is 10.2 Å². The lowest BCUT2D eigenvalue weighted by atomic mass is 10.1. The number of hydrogen-bond acceptors (Lipinski definition) is 4. The average molecular weight is 577 g/mol. The van der Waals surface area contributed by atoms with Crippen LogP contribution in [0.15, 0.2) is 77.7 Å². The van der Waals surface area contributed by atoms with Crippen LogP contribution in [0.2, 0.25) is 10.0 Å². The minimum atomic E-state index is -4.11. The third-order valence-corrected chi connectivity index (χ3v) is 8.43. The fraction of sp³-hybridized carbons (Fsp3) is 0.286. The molecule has 2 amide bonds. The van der Waals surface area contributed by atoms with E-state index in [0.717, 1.165) is 10.7 Å². The zero-order chi connectivity index (χ0) is 27.9. The maximum atomic E-state index is 13.9. The highest BCUT2D eigenvalue weighted by molar-refractivity contribution is 7.92. The van der Waals surface area contributed by atoms with Crippen molar-refractivity contribution in [2.75, 3.05) is 17.4 Å². The number of amides is 2. The molecule has 202 valence electrons. The first-order chi connectivity index (χ1) is 18.1. The van der Waals surface area contributed by atoms with Gasteiger partial charge < -0.3 is 10.2 Å². The largest absolute Gasteiger partial charge is 0.354 e.